The van der Waals surface area contributed by atoms with Gasteiger partial charge < -0.3 is 4.74 Å². The third-order valence-corrected chi connectivity index (χ3v) is 3.72. The number of carbonyl (C=O) groups excluding carboxylic acids is 1. The van der Waals surface area contributed by atoms with Crippen LogP contribution < -0.4 is 0 Å². The van der Waals surface area contributed by atoms with Crippen LogP contribution in [0.4, 0.5) is 4.79 Å². The van der Waals surface area contributed by atoms with E-state index in [0.29, 0.717) is 6.61 Å². The lowest BCUT2D eigenvalue weighted by Crippen LogP contribution is -2.31. The Balaban J connectivity index is 1.64. The van der Waals surface area contributed by atoms with Gasteiger partial charge in [-0.2, -0.15) is 0 Å². The van der Waals surface area contributed by atoms with Crippen LogP contribution in [0.2, 0.25) is 0 Å². The van der Waals surface area contributed by atoms with E-state index in [0.717, 1.165) is 30.6 Å². The maximum atomic E-state index is 12.3. The van der Waals surface area contributed by atoms with Crippen LogP contribution in [0.25, 0.3) is 0 Å². The zero-order valence-corrected chi connectivity index (χ0v) is 11.8. The number of carbonyl (C=O) groups is 1. The van der Waals surface area contributed by atoms with E-state index < -0.39 is 0 Å². The highest BCUT2D eigenvalue weighted by Gasteiger charge is 2.31. The Morgan fingerprint density at radius 1 is 1.19 bits per heavy atom. The Labute approximate surface area is 124 Å². The maximum Gasteiger partial charge on any atom is 0.410 e. The van der Waals surface area contributed by atoms with Crippen molar-refractivity contribution in [3.63, 3.8) is 0 Å². The molecule has 0 aliphatic carbocycles. The van der Waals surface area contributed by atoms with E-state index in [1.165, 1.54) is 0 Å². The van der Waals surface area contributed by atoms with Crippen molar-refractivity contribution in [2.24, 2.45) is 0 Å². The fourth-order valence-corrected chi connectivity index (χ4v) is 2.67. The van der Waals surface area contributed by atoms with E-state index in [1.807, 2.05) is 48.5 Å². The van der Waals surface area contributed by atoms with Crippen LogP contribution in [0.5, 0.6) is 0 Å². The van der Waals surface area contributed by atoms with E-state index in [9.17, 15) is 4.79 Å². The number of likely N-dealkylation sites (tertiary alicyclic amines) is 1. The number of rotatable bonds is 3. The van der Waals surface area contributed by atoms with Gasteiger partial charge in [0.2, 0.25) is 0 Å². The molecule has 0 unspecified atom stereocenters. The summed E-state index contributed by atoms with van der Waals surface area (Å²) in [4.78, 5) is 18.4. The van der Waals surface area contributed by atoms with Crippen molar-refractivity contribution in [1.29, 1.82) is 0 Å². The van der Waals surface area contributed by atoms with Gasteiger partial charge in [0.1, 0.15) is 6.61 Å². The first-order valence-electron chi connectivity index (χ1n) is 7.23. The minimum Gasteiger partial charge on any atom is -0.445 e. The third kappa shape index (κ3) is 3.21. The Hall–Kier alpha value is -2.36. The van der Waals surface area contributed by atoms with Crippen LogP contribution in [-0.2, 0) is 11.3 Å². The van der Waals surface area contributed by atoms with Crippen LogP contribution in [0, 0.1) is 0 Å². The van der Waals surface area contributed by atoms with Gasteiger partial charge in [-0.25, -0.2) is 4.79 Å². The molecular weight excluding hydrogens is 264 g/mol. The van der Waals surface area contributed by atoms with Gasteiger partial charge in [0.15, 0.2) is 0 Å². The summed E-state index contributed by atoms with van der Waals surface area (Å²) in [7, 11) is 0. The second kappa shape index (κ2) is 6.39. The van der Waals surface area contributed by atoms with E-state index in [1.54, 1.807) is 11.1 Å². The van der Waals surface area contributed by atoms with Crippen molar-refractivity contribution >= 4 is 6.09 Å². The highest BCUT2D eigenvalue weighted by atomic mass is 16.6. The summed E-state index contributed by atoms with van der Waals surface area (Å²) in [5, 5.41) is 0. The van der Waals surface area contributed by atoms with E-state index in [2.05, 4.69) is 4.98 Å². The Kier molecular flexibility index (Phi) is 4.15. The zero-order valence-electron chi connectivity index (χ0n) is 11.8. The summed E-state index contributed by atoms with van der Waals surface area (Å²) in [5.41, 5.74) is 1.94. The average Bonchev–Trinajstić information content (AvgIpc) is 3.04. The van der Waals surface area contributed by atoms with Crippen LogP contribution in [-0.4, -0.2) is 22.5 Å². The summed E-state index contributed by atoms with van der Waals surface area (Å²) in [6, 6.07) is 15.6. The van der Waals surface area contributed by atoms with Crippen molar-refractivity contribution in [2.75, 3.05) is 6.54 Å². The molecule has 0 bridgehead atoms. The largest absolute Gasteiger partial charge is 0.445 e. The number of ether oxygens (including phenoxy) is 1. The number of nitrogens with zero attached hydrogens (tertiary/aromatic N) is 2. The normalized spacial score (nSPS) is 17.7. The molecule has 1 saturated heterocycles. The van der Waals surface area contributed by atoms with Crippen molar-refractivity contribution in [1.82, 2.24) is 9.88 Å². The minimum absolute atomic E-state index is 0.0365. The minimum atomic E-state index is -0.257. The molecule has 2 heterocycles. The zero-order chi connectivity index (χ0) is 14.5. The molecule has 0 saturated carbocycles. The first kappa shape index (κ1) is 13.6. The van der Waals surface area contributed by atoms with Crippen LogP contribution in [0.3, 0.4) is 0 Å². The van der Waals surface area contributed by atoms with Crippen molar-refractivity contribution in [2.45, 2.75) is 25.5 Å². The van der Waals surface area contributed by atoms with Gasteiger partial charge in [-0.05, 0) is 30.5 Å². The van der Waals surface area contributed by atoms with Gasteiger partial charge in [-0.1, -0.05) is 36.4 Å². The van der Waals surface area contributed by atoms with Crippen molar-refractivity contribution in [3.05, 3.63) is 66.0 Å². The SMILES string of the molecule is O=C(OCc1ccccc1)N1CCC[C@@H]1c1ccccn1. The maximum absolute atomic E-state index is 12.3. The number of hydrogen-bond acceptors (Lipinski definition) is 3. The molecule has 1 aliphatic rings. The predicted octanol–water partition coefficient (Wildman–Crippen LogP) is 3.56. The molecule has 0 radical (unpaired) electrons. The summed E-state index contributed by atoms with van der Waals surface area (Å²) in [6.07, 6.45) is 3.44. The molecule has 1 aromatic heterocycles. The van der Waals surface area contributed by atoms with Gasteiger partial charge in [-0.3, -0.25) is 9.88 Å². The fourth-order valence-electron chi connectivity index (χ4n) is 2.67. The number of hydrogen-bond donors (Lipinski definition) is 0. The Bertz CT molecular complexity index is 586. The first-order chi connectivity index (χ1) is 10.3. The monoisotopic (exact) mass is 282 g/mol. The summed E-state index contributed by atoms with van der Waals surface area (Å²) in [5.74, 6) is 0. The molecule has 108 valence electrons. The average molecular weight is 282 g/mol. The fraction of sp³-hybridized carbons (Fsp3) is 0.294. The quantitative estimate of drug-likeness (QED) is 0.864. The standard InChI is InChI=1S/C17H18N2O2/c20-17(21-13-14-7-2-1-3-8-14)19-12-6-10-16(19)15-9-4-5-11-18-15/h1-5,7-9,11,16H,6,10,12-13H2/t16-/m1/s1. The Morgan fingerprint density at radius 3 is 2.76 bits per heavy atom. The van der Waals surface area contributed by atoms with Gasteiger partial charge in [0.05, 0.1) is 11.7 Å². The number of benzene rings is 1. The predicted molar refractivity (Wildman–Crippen MR) is 79.5 cm³/mol. The Morgan fingerprint density at radius 2 is 2.00 bits per heavy atom. The van der Waals surface area contributed by atoms with E-state index >= 15 is 0 Å². The highest BCUT2D eigenvalue weighted by molar-refractivity contribution is 5.68. The second-order valence-corrected chi connectivity index (χ2v) is 5.15. The van der Waals surface area contributed by atoms with E-state index in [-0.39, 0.29) is 12.1 Å². The molecule has 0 spiro atoms. The summed E-state index contributed by atoms with van der Waals surface area (Å²) >= 11 is 0. The topological polar surface area (TPSA) is 42.4 Å². The lowest BCUT2D eigenvalue weighted by molar-refractivity contribution is 0.0915. The van der Waals surface area contributed by atoms with Gasteiger partial charge in [-0.15, -0.1) is 0 Å². The number of pyridine rings is 1. The van der Waals surface area contributed by atoms with Crippen LogP contribution >= 0.6 is 0 Å². The molecule has 1 fully saturated rings. The summed E-state index contributed by atoms with van der Waals surface area (Å²) in [6.45, 7) is 1.04. The lowest BCUT2D eigenvalue weighted by atomic mass is 10.1. The molecule has 1 aliphatic heterocycles. The first-order valence-corrected chi connectivity index (χ1v) is 7.23. The molecule has 21 heavy (non-hydrogen) atoms. The smallest absolute Gasteiger partial charge is 0.410 e. The van der Waals surface area contributed by atoms with Crippen molar-refractivity contribution < 1.29 is 9.53 Å². The van der Waals surface area contributed by atoms with Gasteiger partial charge in [0, 0.05) is 12.7 Å². The molecule has 1 aromatic carbocycles. The van der Waals surface area contributed by atoms with Gasteiger partial charge in [0.25, 0.3) is 0 Å². The molecule has 0 N–H and O–H groups in total. The van der Waals surface area contributed by atoms with Gasteiger partial charge >= 0.3 is 6.09 Å². The van der Waals surface area contributed by atoms with Crippen LogP contribution in [0.1, 0.15) is 30.1 Å². The molecule has 1 atom stereocenters. The van der Waals surface area contributed by atoms with E-state index in [4.69, 9.17) is 4.74 Å². The second-order valence-electron chi connectivity index (χ2n) is 5.15. The van der Waals surface area contributed by atoms with Crippen molar-refractivity contribution in [3.8, 4) is 0 Å². The molecular formula is C17H18N2O2. The number of aromatic nitrogens is 1. The summed E-state index contributed by atoms with van der Waals surface area (Å²) < 4.78 is 5.42. The molecule has 1 amide bonds. The molecule has 4 nitrogen and oxygen atoms in total. The van der Waals surface area contributed by atoms with Crippen LogP contribution in [0.15, 0.2) is 54.7 Å². The molecule has 3 rings (SSSR count). The lowest BCUT2D eigenvalue weighted by Gasteiger charge is -2.23. The molecule has 2 aromatic rings. The molecule has 4 heteroatoms. The third-order valence-electron chi connectivity index (χ3n) is 3.72. The highest BCUT2D eigenvalue weighted by Crippen LogP contribution is 2.31. The number of amides is 1.